The highest BCUT2D eigenvalue weighted by atomic mass is 15.3. The Hall–Kier alpha value is -1.31. The molecule has 0 fully saturated rings. The number of nitrogens with one attached hydrogen (secondary N) is 1. The van der Waals surface area contributed by atoms with Crippen molar-refractivity contribution in [2.45, 2.75) is 13.3 Å². The van der Waals surface area contributed by atoms with E-state index in [1.165, 1.54) is 5.56 Å². The van der Waals surface area contributed by atoms with E-state index in [0.717, 1.165) is 17.8 Å². The summed E-state index contributed by atoms with van der Waals surface area (Å²) < 4.78 is 0. The lowest BCUT2D eigenvalue weighted by Crippen LogP contribution is -2.09. The van der Waals surface area contributed by atoms with Crippen molar-refractivity contribution >= 4 is 11.4 Å². The molecule has 0 spiro atoms. The molecule has 1 aliphatic heterocycles. The minimum Gasteiger partial charge on any atom is -0.278 e. The molecular formula is C9H10N2. The standard InChI is InChI=1S/C9H10N2/c1-7-6-8-4-2-3-5-9(8)11-10-7/h2-5,11H,6H2,1H3. The third kappa shape index (κ3) is 1.11. The van der Waals surface area contributed by atoms with Crippen LogP contribution >= 0.6 is 0 Å². The summed E-state index contributed by atoms with van der Waals surface area (Å²) in [6.45, 7) is 2.03. The number of nitrogens with zero attached hydrogens (tertiary/aromatic N) is 1. The molecule has 11 heavy (non-hydrogen) atoms. The molecule has 1 N–H and O–H groups in total. The van der Waals surface area contributed by atoms with E-state index in [1.807, 2.05) is 19.1 Å². The van der Waals surface area contributed by atoms with Crippen LogP contribution in [0.4, 0.5) is 5.69 Å². The van der Waals surface area contributed by atoms with Gasteiger partial charge in [0.25, 0.3) is 0 Å². The fourth-order valence-corrected chi connectivity index (χ4v) is 1.25. The van der Waals surface area contributed by atoms with E-state index in [9.17, 15) is 0 Å². The molecule has 0 radical (unpaired) electrons. The van der Waals surface area contributed by atoms with Crippen LogP contribution in [0.1, 0.15) is 12.5 Å². The molecule has 2 nitrogen and oxygen atoms in total. The van der Waals surface area contributed by atoms with Gasteiger partial charge in [-0.3, -0.25) is 5.43 Å². The first-order chi connectivity index (χ1) is 5.36. The molecule has 2 rings (SSSR count). The average Bonchev–Trinajstić information content (AvgIpc) is 2.04. The lowest BCUT2D eigenvalue weighted by atomic mass is 10.1. The summed E-state index contributed by atoms with van der Waals surface area (Å²) in [5.41, 5.74) is 6.61. The highest BCUT2D eigenvalue weighted by molar-refractivity contribution is 5.88. The van der Waals surface area contributed by atoms with E-state index in [4.69, 9.17) is 0 Å². The quantitative estimate of drug-likeness (QED) is 0.595. The van der Waals surface area contributed by atoms with Gasteiger partial charge in [-0.1, -0.05) is 18.2 Å². The molecule has 1 heterocycles. The second-order valence-electron chi connectivity index (χ2n) is 2.79. The third-order valence-electron chi connectivity index (χ3n) is 1.83. The van der Waals surface area contributed by atoms with E-state index in [2.05, 4.69) is 22.7 Å². The molecule has 0 amide bonds. The fourth-order valence-electron chi connectivity index (χ4n) is 1.25. The molecule has 0 bridgehead atoms. The maximum atomic E-state index is 4.14. The van der Waals surface area contributed by atoms with Crippen molar-refractivity contribution in [2.75, 3.05) is 5.43 Å². The van der Waals surface area contributed by atoms with Gasteiger partial charge in [0.1, 0.15) is 0 Å². The van der Waals surface area contributed by atoms with Gasteiger partial charge in [0.15, 0.2) is 0 Å². The molecule has 0 aromatic heterocycles. The average molecular weight is 146 g/mol. The smallest absolute Gasteiger partial charge is 0.0597 e. The molecule has 0 unspecified atom stereocenters. The Labute approximate surface area is 65.9 Å². The Morgan fingerprint density at radius 2 is 2.18 bits per heavy atom. The highest BCUT2D eigenvalue weighted by Crippen LogP contribution is 2.19. The molecule has 2 heteroatoms. The number of fused-ring (bicyclic) bond motifs is 1. The van der Waals surface area contributed by atoms with E-state index in [0.29, 0.717) is 0 Å². The monoisotopic (exact) mass is 146 g/mol. The zero-order valence-electron chi connectivity index (χ0n) is 6.46. The van der Waals surface area contributed by atoms with Crippen molar-refractivity contribution < 1.29 is 0 Å². The van der Waals surface area contributed by atoms with E-state index < -0.39 is 0 Å². The van der Waals surface area contributed by atoms with Gasteiger partial charge in [-0.15, -0.1) is 0 Å². The molecule has 0 saturated heterocycles. The summed E-state index contributed by atoms with van der Waals surface area (Å²) in [7, 11) is 0. The molecule has 56 valence electrons. The predicted molar refractivity (Wildman–Crippen MR) is 46.9 cm³/mol. The number of hydrogen-bond acceptors (Lipinski definition) is 2. The summed E-state index contributed by atoms with van der Waals surface area (Å²) in [6.07, 6.45) is 0.975. The molecule has 1 aromatic rings. The van der Waals surface area contributed by atoms with Crippen LogP contribution in [-0.2, 0) is 6.42 Å². The Kier molecular flexibility index (Phi) is 1.39. The highest BCUT2D eigenvalue weighted by Gasteiger charge is 2.06. The van der Waals surface area contributed by atoms with Crippen molar-refractivity contribution in [3.63, 3.8) is 0 Å². The van der Waals surface area contributed by atoms with Gasteiger partial charge in [-0.2, -0.15) is 5.10 Å². The Bertz CT molecular complexity index is 302. The molecular weight excluding hydrogens is 136 g/mol. The van der Waals surface area contributed by atoms with Crippen LogP contribution in [0.25, 0.3) is 0 Å². The van der Waals surface area contributed by atoms with Crippen LogP contribution in [0.2, 0.25) is 0 Å². The summed E-state index contributed by atoms with van der Waals surface area (Å²) in [5.74, 6) is 0. The van der Waals surface area contributed by atoms with Gasteiger partial charge >= 0.3 is 0 Å². The molecule has 0 atom stereocenters. The first-order valence-electron chi connectivity index (χ1n) is 3.73. The minimum atomic E-state index is 0.975. The van der Waals surface area contributed by atoms with E-state index >= 15 is 0 Å². The van der Waals surface area contributed by atoms with Gasteiger partial charge in [0.2, 0.25) is 0 Å². The van der Waals surface area contributed by atoms with Crippen LogP contribution < -0.4 is 5.43 Å². The Balaban J connectivity index is 2.42. The summed E-state index contributed by atoms with van der Waals surface area (Å²) >= 11 is 0. The first-order valence-corrected chi connectivity index (χ1v) is 3.73. The summed E-state index contributed by atoms with van der Waals surface area (Å²) in [4.78, 5) is 0. The maximum absolute atomic E-state index is 4.14. The zero-order chi connectivity index (χ0) is 7.68. The van der Waals surface area contributed by atoms with Crippen molar-refractivity contribution in [3.8, 4) is 0 Å². The lowest BCUT2D eigenvalue weighted by molar-refractivity contribution is 1.17. The van der Waals surface area contributed by atoms with Crippen molar-refractivity contribution in [2.24, 2.45) is 5.10 Å². The van der Waals surface area contributed by atoms with E-state index in [1.54, 1.807) is 0 Å². The largest absolute Gasteiger partial charge is 0.278 e. The van der Waals surface area contributed by atoms with Gasteiger partial charge in [-0.05, 0) is 18.6 Å². The number of hydrazone groups is 1. The van der Waals surface area contributed by atoms with Crippen molar-refractivity contribution in [1.82, 2.24) is 0 Å². The van der Waals surface area contributed by atoms with E-state index in [-0.39, 0.29) is 0 Å². The number of benzene rings is 1. The number of para-hydroxylation sites is 1. The second kappa shape index (κ2) is 2.38. The Morgan fingerprint density at radius 1 is 1.36 bits per heavy atom. The summed E-state index contributed by atoms with van der Waals surface area (Å²) in [6, 6.07) is 8.24. The van der Waals surface area contributed by atoms with Crippen LogP contribution in [-0.4, -0.2) is 5.71 Å². The fraction of sp³-hybridized carbons (Fsp3) is 0.222. The van der Waals surface area contributed by atoms with Crippen LogP contribution in [0.15, 0.2) is 29.4 Å². The van der Waals surface area contributed by atoms with Crippen LogP contribution in [0, 0.1) is 0 Å². The van der Waals surface area contributed by atoms with Gasteiger partial charge in [0, 0.05) is 12.1 Å². The van der Waals surface area contributed by atoms with Gasteiger partial charge in [0.05, 0.1) is 5.69 Å². The second-order valence-corrected chi connectivity index (χ2v) is 2.79. The Morgan fingerprint density at radius 3 is 3.09 bits per heavy atom. The number of anilines is 1. The maximum Gasteiger partial charge on any atom is 0.0597 e. The normalized spacial score (nSPS) is 14.8. The van der Waals surface area contributed by atoms with Gasteiger partial charge < -0.3 is 0 Å². The third-order valence-corrected chi connectivity index (χ3v) is 1.83. The molecule has 0 aliphatic carbocycles. The predicted octanol–water partition coefficient (Wildman–Crippen LogP) is 2.03. The number of hydrogen-bond donors (Lipinski definition) is 1. The molecule has 0 saturated carbocycles. The van der Waals surface area contributed by atoms with Crippen LogP contribution in [0.5, 0.6) is 0 Å². The molecule has 1 aliphatic rings. The topological polar surface area (TPSA) is 24.4 Å². The molecule has 1 aromatic carbocycles. The SMILES string of the molecule is CC1=NNc2ccccc2C1. The lowest BCUT2D eigenvalue weighted by Gasteiger charge is -2.13. The summed E-state index contributed by atoms with van der Waals surface area (Å²) in [5, 5.41) is 4.14. The van der Waals surface area contributed by atoms with Gasteiger partial charge in [-0.25, -0.2) is 0 Å². The van der Waals surface area contributed by atoms with Crippen molar-refractivity contribution in [1.29, 1.82) is 0 Å². The first kappa shape index (κ1) is 6.40. The van der Waals surface area contributed by atoms with Crippen molar-refractivity contribution in [3.05, 3.63) is 29.8 Å². The minimum absolute atomic E-state index is 0.975. The number of rotatable bonds is 0. The van der Waals surface area contributed by atoms with Crippen LogP contribution in [0.3, 0.4) is 0 Å². The zero-order valence-corrected chi connectivity index (χ0v) is 6.46.